The Morgan fingerprint density at radius 3 is 2.73 bits per heavy atom. The average molecular weight is 468 g/mol. The van der Waals surface area contributed by atoms with E-state index in [2.05, 4.69) is 30.9 Å². The number of pyridine rings is 2. The topological polar surface area (TPSA) is 124 Å². The second-order valence-corrected chi connectivity index (χ2v) is 8.86. The molecular formula is C22H22ClN7O3. The number of nitrogens with zero attached hydrogens (tertiary/aromatic N) is 5. The molecule has 2 aliphatic rings. The molecule has 2 amide bonds. The van der Waals surface area contributed by atoms with Crippen LogP contribution < -0.4 is 10.6 Å². The van der Waals surface area contributed by atoms with E-state index in [1.165, 1.54) is 4.68 Å². The molecular weight excluding hydrogens is 446 g/mol. The zero-order valence-electron chi connectivity index (χ0n) is 18.1. The molecule has 0 saturated heterocycles. The van der Waals surface area contributed by atoms with Gasteiger partial charge >= 0.3 is 6.09 Å². The summed E-state index contributed by atoms with van der Waals surface area (Å²) in [5.74, 6) is 0.500. The highest BCUT2D eigenvalue weighted by Gasteiger charge is 2.65. The van der Waals surface area contributed by atoms with Crippen LogP contribution in [0.4, 0.5) is 16.3 Å². The number of aromatic nitrogens is 5. The molecule has 3 heterocycles. The van der Waals surface area contributed by atoms with Gasteiger partial charge in [-0.2, -0.15) is 0 Å². The third-order valence-electron chi connectivity index (χ3n) is 6.23. The average Bonchev–Trinajstić information content (AvgIpc) is 3.70. The first-order chi connectivity index (χ1) is 15.9. The number of anilines is 2. The molecule has 0 aromatic carbocycles. The zero-order chi connectivity index (χ0) is 23.2. The van der Waals surface area contributed by atoms with Crippen molar-refractivity contribution in [3.05, 3.63) is 47.4 Å². The summed E-state index contributed by atoms with van der Waals surface area (Å²) in [7, 11) is 1.64. The molecule has 3 aromatic rings. The first-order valence-corrected chi connectivity index (χ1v) is 11.0. The molecule has 2 saturated carbocycles. The van der Waals surface area contributed by atoms with Gasteiger partial charge in [-0.25, -0.2) is 14.5 Å². The summed E-state index contributed by atoms with van der Waals surface area (Å²) in [4.78, 5) is 33.2. The maximum absolute atomic E-state index is 12.5. The Labute approximate surface area is 194 Å². The molecule has 2 N–H and O–H groups in total. The van der Waals surface area contributed by atoms with E-state index < -0.39 is 12.2 Å². The largest absolute Gasteiger partial charge is 0.441 e. The maximum atomic E-state index is 12.5. The highest BCUT2D eigenvalue weighted by molar-refractivity contribution is 6.30. The van der Waals surface area contributed by atoms with E-state index in [-0.39, 0.29) is 17.0 Å². The second-order valence-electron chi connectivity index (χ2n) is 8.51. The van der Waals surface area contributed by atoms with Crippen LogP contribution in [0.15, 0.2) is 36.7 Å². The summed E-state index contributed by atoms with van der Waals surface area (Å²) >= 11 is 6.08. The van der Waals surface area contributed by atoms with Crippen LogP contribution in [0.3, 0.4) is 0 Å². The van der Waals surface area contributed by atoms with Crippen molar-refractivity contribution >= 4 is 35.1 Å². The van der Waals surface area contributed by atoms with E-state index in [0.717, 1.165) is 19.3 Å². The van der Waals surface area contributed by atoms with Gasteiger partial charge in [-0.15, -0.1) is 5.10 Å². The minimum Gasteiger partial charge on any atom is -0.441 e. The summed E-state index contributed by atoms with van der Waals surface area (Å²) in [5.41, 5.74) is 2.37. The lowest BCUT2D eigenvalue weighted by atomic mass is 10.2. The number of rotatable bonds is 6. The van der Waals surface area contributed by atoms with E-state index in [0.29, 0.717) is 33.9 Å². The SMILES string of the molecule is C[C@@H](OC(=O)Nc1c(-c2ccc(NC(=O)C3CC34CC4)cn2)nnn1C)c1cccnc1Cl. The number of nitrogens with one attached hydrogen (secondary N) is 2. The van der Waals surface area contributed by atoms with Crippen LogP contribution in [0.2, 0.25) is 5.15 Å². The Balaban J connectivity index is 1.25. The molecule has 2 fully saturated rings. The summed E-state index contributed by atoms with van der Waals surface area (Å²) < 4.78 is 6.85. The molecule has 0 radical (unpaired) electrons. The van der Waals surface area contributed by atoms with Gasteiger partial charge in [-0.1, -0.05) is 22.9 Å². The Kier molecular flexibility index (Phi) is 5.24. The van der Waals surface area contributed by atoms with Crippen LogP contribution in [0.5, 0.6) is 0 Å². The first kappa shape index (κ1) is 21.3. The van der Waals surface area contributed by atoms with Crippen LogP contribution in [-0.2, 0) is 16.6 Å². The van der Waals surface area contributed by atoms with Crippen LogP contribution in [0.25, 0.3) is 11.4 Å². The van der Waals surface area contributed by atoms with Gasteiger partial charge in [0.1, 0.15) is 11.3 Å². The van der Waals surface area contributed by atoms with Crippen LogP contribution in [-0.4, -0.2) is 37.0 Å². The number of aryl methyl sites for hydroxylation is 1. The molecule has 3 aromatic heterocycles. The summed E-state index contributed by atoms with van der Waals surface area (Å²) in [5, 5.41) is 13.9. The standard InChI is InChI=1S/C22H22ClN7O3/c1-12(14-4-3-9-24-18(14)23)33-21(32)27-19-17(28-29-30(19)2)16-6-5-13(11-25-16)26-20(31)15-10-22(15)7-8-22/h3-6,9,11-12,15H,7-8,10H2,1-2H3,(H,26,31)(H,27,32)/t12-,15?/m1/s1. The van der Waals surface area contributed by atoms with Gasteiger partial charge < -0.3 is 10.1 Å². The van der Waals surface area contributed by atoms with Gasteiger partial charge in [-0.05, 0) is 49.8 Å². The fourth-order valence-electron chi connectivity index (χ4n) is 3.99. The maximum Gasteiger partial charge on any atom is 0.413 e. The number of hydrogen-bond donors (Lipinski definition) is 2. The molecule has 33 heavy (non-hydrogen) atoms. The van der Waals surface area contributed by atoms with Crippen molar-refractivity contribution in [2.75, 3.05) is 10.6 Å². The molecule has 2 aliphatic carbocycles. The molecule has 10 nitrogen and oxygen atoms in total. The van der Waals surface area contributed by atoms with Crippen molar-refractivity contribution < 1.29 is 14.3 Å². The molecule has 0 bridgehead atoms. The Hall–Kier alpha value is -3.53. The van der Waals surface area contributed by atoms with Gasteiger partial charge in [0.25, 0.3) is 0 Å². The van der Waals surface area contributed by atoms with E-state index >= 15 is 0 Å². The molecule has 1 spiro atoms. The highest BCUT2D eigenvalue weighted by Crippen LogP contribution is 2.70. The van der Waals surface area contributed by atoms with Crippen molar-refractivity contribution in [3.63, 3.8) is 0 Å². The van der Waals surface area contributed by atoms with Crippen LogP contribution >= 0.6 is 11.6 Å². The molecule has 5 rings (SSSR count). The fourth-order valence-corrected chi connectivity index (χ4v) is 4.26. The molecule has 170 valence electrons. The molecule has 0 aliphatic heterocycles. The summed E-state index contributed by atoms with van der Waals surface area (Å²) in [6, 6.07) is 6.93. The quantitative estimate of drug-likeness (QED) is 0.525. The van der Waals surface area contributed by atoms with Gasteiger partial charge in [0.05, 0.1) is 17.6 Å². The van der Waals surface area contributed by atoms with Gasteiger partial charge in [-0.3, -0.25) is 15.1 Å². The molecule has 11 heteroatoms. The summed E-state index contributed by atoms with van der Waals surface area (Å²) in [6.07, 6.45) is 5.11. The zero-order valence-corrected chi connectivity index (χ0v) is 18.8. The first-order valence-electron chi connectivity index (χ1n) is 10.6. The van der Waals surface area contributed by atoms with Crippen LogP contribution in [0.1, 0.15) is 37.9 Å². The van der Waals surface area contributed by atoms with E-state index in [1.807, 2.05) is 0 Å². The van der Waals surface area contributed by atoms with Crippen molar-refractivity contribution in [1.82, 2.24) is 25.0 Å². The normalized spacial score (nSPS) is 18.5. The molecule has 1 unspecified atom stereocenters. The number of amides is 2. The molecule has 2 atom stereocenters. The smallest absolute Gasteiger partial charge is 0.413 e. The minimum atomic E-state index is -0.698. The number of carbonyl (C=O) groups excluding carboxylic acids is 2. The Bertz CT molecular complexity index is 1220. The predicted octanol–water partition coefficient (Wildman–Crippen LogP) is 3.97. The fraction of sp³-hybridized carbons (Fsp3) is 0.364. The van der Waals surface area contributed by atoms with Crippen LogP contribution in [0, 0.1) is 11.3 Å². The lowest BCUT2D eigenvalue weighted by molar-refractivity contribution is -0.117. The summed E-state index contributed by atoms with van der Waals surface area (Å²) in [6.45, 7) is 1.70. The lowest BCUT2D eigenvalue weighted by Crippen LogP contribution is -2.18. The van der Waals surface area contributed by atoms with Gasteiger partial charge in [0.2, 0.25) is 5.91 Å². The van der Waals surface area contributed by atoms with Crippen molar-refractivity contribution in [2.45, 2.75) is 32.3 Å². The highest BCUT2D eigenvalue weighted by atomic mass is 35.5. The second kappa shape index (κ2) is 8.11. The minimum absolute atomic E-state index is 0.0505. The Morgan fingerprint density at radius 2 is 2.06 bits per heavy atom. The van der Waals surface area contributed by atoms with Gasteiger partial charge in [0.15, 0.2) is 11.5 Å². The van der Waals surface area contributed by atoms with E-state index in [4.69, 9.17) is 16.3 Å². The van der Waals surface area contributed by atoms with Crippen molar-refractivity contribution in [2.24, 2.45) is 18.4 Å². The van der Waals surface area contributed by atoms with Gasteiger partial charge in [0, 0.05) is 24.7 Å². The predicted molar refractivity (Wildman–Crippen MR) is 120 cm³/mol. The van der Waals surface area contributed by atoms with E-state index in [1.54, 1.807) is 50.6 Å². The van der Waals surface area contributed by atoms with Crippen molar-refractivity contribution in [3.8, 4) is 11.4 Å². The monoisotopic (exact) mass is 467 g/mol. The third-order valence-corrected chi connectivity index (χ3v) is 6.54. The number of carbonyl (C=O) groups is 2. The third kappa shape index (κ3) is 4.25. The number of halogens is 1. The lowest BCUT2D eigenvalue weighted by Gasteiger charge is -2.15. The Morgan fingerprint density at radius 1 is 1.24 bits per heavy atom. The number of ether oxygens (including phenoxy) is 1. The van der Waals surface area contributed by atoms with Crippen molar-refractivity contribution in [1.29, 1.82) is 0 Å². The number of hydrogen-bond acceptors (Lipinski definition) is 7. The van der Waals surface area contributed by atoms with E-state index in [9.17, 15) is 9.59 Å².